The second-order valence-corrected chi connectivity index (χ2v) is 4.15. The molecule has 1 aromatic rings. The molecule has 1 radical (unpaired) electrons. The van der Waals surface area contributed by atoms with E-state index in [-0.39, 0.29) is 38.3 Å². The van der Waals surface area contributed by atoms with Crippen LogP contribution in [0.4, 0.5) is 13.2 Å². The van der Waals surface area contributed by atoms with Crippen LogP contribution in [-0.4, -0.2) is 11.9 Å². The zero-order valence-corrected chi connectivity index (χ0v) is 13.6. The van der Waals surface area contributed by atoms with Gasteiger partial charge in [-0.3, -0.25) is 0 Å². The first-order valence-electron chi connectivity index (χ1n) is 4.99. The van der Waals surface area contributed by atoms with Crippen molar-refractivity contribution in [2.24, 2.45) is 0 Å². The van der Waals surface area contributed by atoms with E-state index in [1.54, 1.807) is 7.05 Å². The minimum atomic E-state index is -1.50. The maximum absolute atomic E-state index is 13.2. The third-order valence-electron chi connectivity index (χ3n) is 2.61. The largest absolute Gasteiger partial charge is 0.377 e. The fraction of sp³-hybridized carbons (Fsp3) is 0.0769. The van der Waals surface area contributed by atoms with Crippen molar-refractivity contribution in [1.82, 2.24) is 4.90 Å². The number of hydrogen-bond acceptors (Lipinski definition) is 1. The van der Waals surface area contributed by atoms with Crippen molar-refractivity contribution in [2.75, 3.05) is 7.05 Å². The fourth-order valence-electron chi connectivity index (χ4n) is 1.58. The molecule has 6 heteroatoms. The molecule has 1 nitrogen and oxygen atoms in total. The van der Waals surface area contributed by atoms with Crippen molar-refractivity contribution >= 4 is 17.3 Å². The van der Waals surface area contributed by atoms with E-state index in [2.05, 4.69) is 12.7 Å². The van der Waals surface area contributed by atoms with Crippen LogP contribution in [0.25, 0.3) is 5.70 Å². The van der Waals surface area contributed by atoms with E-state index in [1.807, 2.05) is 0 Å². The zero-order valence-electron chi connectivity index (χ0n) is 9.98. The van der Waals surface area contributed by atoms with Crippen molar-refractivity contribution < 1.29 is 45.9 Å². The van der Waals surface area contributed by atoms with E-state index in [0.29, 0.717) is 16.4 Å². The number of allylic oxidation sites excluding steroid dienone is 3. The van der Waals surface area contributed by atoms with E-state index in [4.69, 9.17) is 11.6 Å². The molecule has 1 aliphatic rings. The minimum absolute atomic E-state index is 0. The van der Waals surface area contributed by atoms with Crippen LogP contribution < -0.4 is 0 Å². The molecule has 0 N–H and O–H groups in total. The summed E-state index contributed by atoms with van der Waals surface area (Å²) >= 11 is 5.84. The van der Waals surface area contributed by atoms with Crippen LogP contribution >= 0.6 is 11.6 Å². The van der Waals surface area contributed by atoms with Crippen molar-refractivity contribution in [3.05, 3.63) is 64.6 Å². The number of hydrogen-bond donors (Lipinski definition) is 0. The van der Waals surface area contributed by atoms with Crippen LogP contribution in [0.3, 0.4) is 0 Å². The molecule has 0 amide bonds. The average molecular weight is 360 g/mol. The van der Waals surface area contributed by atoms with Gasteiger partial charge in [-0.1, -0.05) is 30.0 Å². The van der Waals surface area contributed by atoms with Crippen LogP contribution in [0.5, 0.6) is 0 Å². The minimum Gasteiger partial charge on any atom is -0.377 e. The number of rotatable bonds is 1. The summed E-state index contributed by atoms with van der Waals surface area (Å²) in [4.78, 5) is 1.52. The van der Waals surface area contributed by atoms with Gasteiger partial charge in [-0.05, 0) is 10.7 Å². The van der Waals surface area contributed by atoms with Crippen molar-refractivity contribution in [3.8, 4) is 0 Å². The van der Waals surface area contributed by atoms with Crippen LogP contribution in [-0.2, 0) is 32.7 Å². The smallest absolute Gasteiger partial charge is 0.192 e. The molecule has 19 heavy (non-hydrogen) atoms. The molecule has 2 rings (SSSR count). The first-order chi connectivity index (χ1) is 8.41. The molecule has 97 valence electrons. The van der Waals surface area contributed by atoms with Gasteiger partial charge in [0.1, 0.15) is 0 Å². The predicted octanol–water partition coefficient (Wildman–Crippen LogP) is 3.83. The van der Waals surface area contributed by atoms with Crippen LogP contribution in [0.15, 0.2) is 35.5 Å². The maximum Gasteiger partial charge on any atom is 0.192 e. The van der Waals surface area contributed by atoms with Crippen LogP contribution in [0.2, 0.25) is 0 Å². The van der Waals surface area contributed by atoms with Gasteiger partial charge in [0.25, 0.3) is 0 Å². The Hall–Kier alpha value is -0.576. The van der Waals surface area contributed by atoms with Crippen LogP contribution in [0.1, 0.15) is 5.56 Å². The molecule has 0 spiro atoms. The summed E-state index contributed by atoms with van der Waals surface area (Å²) in [5, 5.41) is 0.379. The van der Waals surface area contributed by atoms with E-state index in [1.165, 1.54) is 11.0 Å². The van der Waals surface area contributed by atoms with Gasteiger partial charge >= 0.3 is 0 Å². The van der Waals surface area contributed by atoms with Gasteiger partial charge in [-0.15, -0.1) is 0 Å². The molecule has 0 saturated carbocycles. The molecule has 1 aromatic carbocycles. The van der Waals surface area contributed by atoms with Gasteiger partial charge in [0.15, 0.2) is 17.5 Å². The number of benzene rings is 1. The summed E-state index contributed by atoms with van der Waals surface area (Å²) in [5.74, 6) is -4.00. The first kappa shape index (κ1) is 16.5. The molecular weight excluding hydrogens is 352 g/mol. The van der Waals surface area contributed by atoms with Gasteiger partial charge in [0, 0.05) is 39.8 Å². The van der Waals surface area contributed by atoms with Gasteiger partial charge < -0.3 is 4.90 Å². The Morgan fingerprint density at radius 1 is 1.21 bits per heavy atom. The maximum atomic E-state index is 13.2. The Balaban J connectivity index is 0.00000180. The van der Waals surface area contributed by atoms with E-state index in [0.717, 1.165) is 12.1 Å². The second-order valence-electron chi connectivity index (χ2n) is 3.74. The van der Waals surface area contributed by atoms with Crippen LogP contribution in [0, 0.1) is 23.5 Å². The van der Waals surface area contributed by atoms with Crippen molar-refractivity contribution in [1.29, 1.82) is 0 Å². The average Bonchev–Trinajstić information content (AvgIpc) is 2.33. The van der Waals surface area contributed by atoms with E-state index >= 15 is 0 Å². The monoisotopic (exact) mass is 359 g/mol. The summed E-state index contributed by atoms with van der Waals surface area (Å²) in [6.07, 6.45) is 4.21. The van der Waals surface area contributed by atoms with Gasteiger partial charge in [0.2, 0.25) is 0 Å². The molecule has 1 heterocycles. The standard InChI is InChI=1S/C13H8ClF3N.Y/c1-7-9(14)3-4-12(18(7)2)8-5-10(15)13(17)11(16)6-8;/h3,5-6H,1H2,2H3;/q-1;. The summed E-state index contributed by atoms with van der Waals surface area (Å²) in [5.41, 5.74) is 0.994. The molecule has 0 atom stereocenters. The Bertz CT molecular complexity index is 573. The zero-order chi connectivity index (χ0) is 13.4. The summed E-state index contributed by atoms with van der Waals surface area (Å²) < 4.78 is 39.2. The fourth-order valence-corrected chi connectivity index (χ4v) is 1.76. The molecule has 0 saturated heterocycles. The normalized spacial score (nSPS) is 14.8. The predicted molar refractivity (Wildman–Crippen MR) is 63.8 cm³/mol. The van der Waals surface area contributed by atoms with Gasteiger partial charge in [-0.25, -0.2) is 13.2 Å². The molecule has 1 aliphatic heterocycles. The Labute approximate surface area is 139 Å². The molecule has 0 aromatic heterocycles. The number of likely N-dealkylation sites (N-methyl/N-ethyl adjacent to an activating group) is 1. The van der Waals surface area contributed by atoms with Gasteiger partial charge in [0.05, 0.1) is 0 Å². The Morgan fingerprint density at radius 2 is 1.74 bits per heavy atom. The quantitative estimate of drug-likeness (QED) is 0.544. The Morgan fingerprint density at radius 3 is 2.26 bits per heavy atom. The molecular formula is C13H8ClF3NY-. The van der Waals surface area contributed by atoms with Crippen molar-refractivity contribution in [2.45, 2.75) is 0 Å². The Kier molecular flexibility index (Phi) is 5.42. The van der Waals surface area contributed by atoms with Crippen molar-refractivity contribution in [3.63, 3.8) is 0 Å². The SMILES string of the molecule is C=C1C(Cl)=C[C-]=C(c2cc(F)c(F)c(F)c2)N1C.[Y]. The van der Waals surface area contributed by atoms with E-state index < -0.39 is 17.5 Å². The third-order valence-corrected chi connectivity index (χ3v) is 2.94. The second kappa shape index (κ2) is 6.25. The summed E-state index contributed by atoms with van der Waals surface area (Å²) in [7, 11) is 1.62. The van der Waals surface area contributed by atoms with Gasteiger partial charge in [-0.2, -0.15) is 23.8 Å². The summed E-state index contributed by atoms with van der Waals surface area (Å²) in [6.45, 7) is 3.72. The molecule has 0 aliphatic carbocycles. The number of halogens is 4. The topological polar surface area (TPSA) is 3.24 Å². The first-order valence-corrected chi connectivity index (χ1v) is 5.36. The molecule has 0 bridgehead atoms. The number of nitrogens with zero attached hydrogens (tertiary/aromatic N) is 1. The summed E-state index contributed by atoms with van der Waals surface area (Å²) in [6, 6.07) is 1.80. The third kappa shape index (κ3) is 3.12. The van der Waals surface area contributed by atoms with E-state index in [9.17, 15) is 13.2 Å². The molecule has 0 fully saturated rings. The molecule has 0 unspecified atom stereocenters.